The van der Waals surface area contributed by atoms with Gasteiger partial charge in [-0.3, -0.25) is 0 Å². The van der Waals surface area contributed by atoms with E-state index in [1.165, 1.54) is 32.1 Å². The summed E-state index contributed by atoms with van der Waals surface area (Å²) in [4.78, 5) is 0.825. The van der Waals surface area contributed by atoms with E-state index >= 15 is 0 Å². The summed E-state index contributed by atoms with van der Waals surface area (Å²) in [6, 6.07) is 0. The van der Waals surface area contributed by atoms with Crippen LogP contribution in [0.4, 0.5) is 0 Å². The summed E-state index contributed by atoms with van der Waals surface area (Å²) in [7, 11) is 0. The Hall–Kier alpha value is 0.480. The molecule has 0 aromatic rings. The molecule has 0 atom stereocenters. The number of rotatable bonds is 2. The van der Waals surface area contributed by atoms with Gasteiger partial charge in [0.25, 0.3) is 0 Å². The number of hydrogen-bond donors (Lipinski definition) is 0. The molecule has 11 heavy (non-hydrogen) atoms. The van der Waals surface area contributed by atoms with E-state index in [2.05, 4.69) is 29.8 Å². The highest BCUT2D eigenvalue weighted by Gasteiger charge is 2.19. The van der Waals surface area contributed by atoms with Crippen molar-refractivity contribution in [3.8, 4) is 0 Å². The maximum Gasteiger partial charge on any atom is 0.0146 e. The molecule has 1 aliphatic rings. The molecule has 0 unspecified atom stereocenters. The van der Waals surface area contributed by atoms with Crippen molar-refractivity contribution < 1.29 is 0 Å². The summed E-state index contributed by atoms with van der Waals surface area (Å²) in [6.45, 7) is 4.67. The first-order chi connectivity index (χ1) is 5.18. The zero-order valence-corrected chi connectivity index (χ0v) is 9.23. The highest BCUT2D eigenvalue weighted by atomic mass is 79.9. The van der Waals surface area contributed by atoms with Crippen molar-refractivity contribution in [2.24, 2.45) is 11.8 Å². The lowest BCUT2D eigenvalue weighted by Crippen LogP contribution is -2.15. The van der Waals surface area contributed by atoms with E-state index in [1.54, 1.807) is 0 Å². The lowest BCUT2D eigenvalue weighted by molar-refractivity contribution is 0.312. The Kier molecular flexibility index (Phi) is 3.91. The second-order valence-electron chi connectivity index (χ2n) is 4.25. The molecular formula is C10H19Br. The van der Waals surface area contributed by atoms with Crippen molar-refractivity contribution in [2.45, 2.75) is 50.8 Å². The molecule has 0 saturated heterocycles. The van der Waals surface area contributed by atoms with Gasteiger partial charge in [-0.05, 0) is 43.9 Å². The van der Waals surface area contributed by atoms with Crippen LogP contribution in [-0.2, 0) is 0 Å². The quantitative estimate of drug-likeness (QED) is 0.616. The highest BCUT2D eigenvalue weighted by Crippen LogP contribution is 2.32. The van der Waals surface area contributed by atoms with Gasteiger partial charge >= 0.3 is 0 Å². The second kappa shape index (κ2) is 4.49. The molecule has 1 heteroatoms. The van der Waals surface area contributed by atoms with Gasteiger partial charge in [0.05, 0.1) is 0 Å². The first-order valence-electron chi connectivity index (χ1n) is 4.82. The van der Waals surface area contributed by atoms with Gasteiger partial charge in [-0.1, -0.05) is 29.8 Å². The summed E-state index contributed by atoms with van der Waals surface area (Å²) in [5, 5.41) is 0. The first-order valence-corrected chi connectivity index (χ1v) is 5.74. The Morgan fingerprint density at radius 2 is 1.73 bits per heavy atom. The van der Waals surface area contributed by atoms with Crippen LogP contribution in [0.5, 0.6) is 0 Å². The monoisotopic (exact) mass is 218 g/mol. The summed E-state index contributed by atoms with van der Waals surface area (Å²) in [5.74, 6) is 1.93. The molecule has 0 aromatic heterocycles. The minimum atomic E-state index is 0.825. The molecule has 0 N–H and O–H groups in total. The Balaban J connectivity index is 2.17. The Morgan fingerprint density at radius 3 is 2.18 bits per heavy atom. The van der Waals surface area contributed by atoms with E-state index < -0.39 is 0 Å². The molecule has 0 radical (unpaired) electrons. The summed E-state index contributed by atoms with van der Waals surface area (Å²) in [5.41, 5.74) is 0. The molecule has 0 bridgehead atoms. The lowest BCUT2D eigenvalue weighted by atomic mass is 9.84. The molecule has 66 valence electrons. The fraction of sp³-hybridized carbons (Fsp3) is 1.00. The normalized spacial score (nSPS) is 32.7. The van der Waals surface area contributed by atoms with Gasteiger partial charge in [-0.2, -0.15) is 0 Å². The van der Waals surface area contributed by atoms with E-state index in [9.17, 15) is 0 Å². The van der Waals surface area contributed by atoms with E-state index in [-0.39, 0.29) is 0 Å². The van der Waals surface area contributed by atoms with Crippen LogP contribution in [0.3, 0.4) is 0 Å². The maximum absolute atomic E-state index is 3.68. The Labute approximate surface area is 78.9 Å². The minimum Gasteiger partial charge on any atom is -0.0891 e. The highest BCUT2D eigenvalue weighted by molar-refractivity contribution is 9.09. The number of hydrogen-bond acceptors (Lipinski definition) is 0. The first kappa shape index (κ1) is 9.57. The predicted octanol–water partition coefficient (Wildman–Crippen LogP) is 3.99. The zero-order chi connectivity index (χ0) is 8.27. The van der Waals surface area contributed by atoms with E-state index in [0.29, 0.717) is 0 Å². The van der Waals surface area contributed by atoms with Crippen molar-refractivity contribution >= 4 is 15.9 Å². The van der Waals surface area contributed by atoms with Gasteiger partial charge in [0, 0.05) is 4.83 Å². The molecule has 1 fully saturated rings. The van der Waals surface area contributed by atoms with E-state index in [4.69, 9.17) is 0 Å². The maximum atomic E-state index is 3.68. The van der Waals surface area contributed by atoms with Crippen LogP contribution in [0.2, 0.25) is 0 Å². The minimum absolute atomic E-state index is 0.825. The van der Waals surface area contributed by atoms with E-state index in [1.807, 2.05) is 0 Å². The van der Waals surface area contributed by atoms with Gasteiger partial charge in [0.2, 0.25) is 0 Å². The second-order valence-corrected chi connectivity index (χ2v) is 5.54. The molecule has 1 saturated carbocycles. The molecule has 0 amide bonds. The summed E-state index contributed by atoms with van der Waals surface area (Å²) < 4.78 is 0. The van der Waals surface area contributed by atoms with Crippen molar-refractivity contribution in [1.29, 1.82) is 0 Å². The molecule has 0 nitrogen and oxygen atoms in total. The fourth-order valence-corrected chi connectivity index (χ4v) is 2.55. The van der Waals surface area contributed by atoms with Crippen molar-refractivity contribution in [3.63, 3.8) is 0 Å². The topological polar surface area (TPSA) is 0 Å². The third kappa shape index (κ3) is 3.59. The number of halogens is 1. The molecule has 0 aromatic carbocycles. The van der Waals surface area contributed by atoms with Crippen LogP contribution in [0.1, 0.15) is 46.0 Å². The predicted molar refractivity (Wildman–Crippen MR) is 54.1 cm³/mol. The fourth-order valence-electron chi connectivity index (χ4n) is 2.02. The van der Waals surface area contributed by atoms with Gasteiger partial charge in [0.15, 0.2) is 0 Å². The molecule has 0 spiro atoms. The van der Waals surface area contributed by atoms with Crippen LogP contribution in [0.15, 0.2) is 0 Å². The average Bonchev–Trinajstić information content (AvgIpc) is 1.93. The molecular weight excluding hydrogens is 200 g/mol. The third-order valence-corrected chi connectivity index (χ3v) is 3.50. The SMILES string of the molecule is CC(C)CC1CCC(Br)CC1. The van der Waals surface area contributed by atoms with Crippen LogP contribution in [-0.4, -0.2) is 4.83 Å². The smallest absolute Gasteiger partial charge is 0.0146 e. The molecule has 0 heterocycles. The van der Waals surface area contributed by atoms with Crippen LogP contribution >= 0.6 is 15.9 Å². The molecule has 0 aliphatic heterocycles. The van der Waals surface area contributed by atoms with Gasteiger partial charge in [-0.15, -0.1) is 0 Å². The third-order valence-electron chi connectivity index (χ3n) is 2.58. The average molecular weight is 219 g/mol. The Bertz CT molecular complexity index is 101. The van der Waals surface area contributed by atoms with Gasteiger partial charge in [0.1, 0.15) is 0 Å². The largest absolute Gasteiger partial charge is 0.0891 e. The standard InChI is InChI=1S/C10H19Br/c1-8(2)7-9-3-5-10(11)6-4-9/h8-10H,3-7H2,1-2H3. The van der Waals surface area contributed by atoms with Crippen molar-refractivity contribution in [2.75, 3.05) is 0 Å². The van der Waals surface area contributed by atoms with Gasteiger partial charge < -0.3 is 0 Å². The molecule has 1 rings (SSSR count). The number of alkyl halides is 1. The lowest BCUT2D eigenvalue weighted by Gasteiger charge is -2.26. The molecule has 1 aliphatic carbocycles. The van der Waals surface area contributed by atoms with E-state index in [0.717, 1.165) is 16.7 Å². The van der Waals surface area contributed by atoms with Crippen LogP contribution in [0, 0.1) is 11.8 Å². The van der Waals surface area contributed by atoms with Gasteiger partial charge in [-0.25, -0.2) is 0 Å². The Morgan fingerprint density at radius 1 is 1.18 bits per heavy atom. The van der Waals surface area contributed by atoms with Crippen molar-refractivity contribution in [1.82, 2.24) is 0 Å². The summed E-state index contributed by atoms with van der Waals surface area (Å²) in [6.07, 6.45) is 7.15. The van der Waals surface area contributed by atoms with Crippen molar-refractivity contribution in [3.05, 3.63) is 0 Å². The van der Waals surface area contributed by atoms with Crippen LogP contribution in [0.25, 0.3) is 0 Å². The van der Waals surface area contributed by atoms with Crippen LogP contribution < -0.4 is 0 Å². The zero-order valence-electron chi connectivity index (χ0n) is 7.65. The summed E-state index contributed by atoms with van der Waals surface area (Å²) >= 11 is 3.68.